The summed E-state index contributed by atoms with van der Waals surface area (Å²) >= 11 is 0. The van der Waals surface area contributed by atoms with Gasteiger partial charge in [0.15, 0.2) is 11.5 Å². The van der Waals surface area contributed by atoms with Crippen LogP contribution in [-0.4, -0.2) is 17.3 Å². The van der Waals surface area contributed by atoms with E-state index in [0.717, 1.165) is 5.56 Å². The predicted octanol–water partition coefficient (Wildman–Crippen LogP) is 0.0697. The van der Waals surface area contributed by atoms with E-state index in [0.29, 0.717) is 6.54 Å². The molecule has 0 spiro atoms. The van der Waals surface area contributed by atoms with Gasteiger partial charge in [-0.3, -0.25) is 11.3 Å². The van der Waals surface area contributed by atoms with Gasteiger partial charge in [0.1, 0.15) is 0 Å². The first-order valence-corrected chi connectivity index (χ1v) is 3.71. The van der Waals surface area contributed by atoms with Gasteiger partial charge < -0.3 is 14.9 Å². The summed E-state index contributed by atoms with van der Waals surface area (Å²) in [6, 6.07) is 3.01. The third-order valence-corrected chi connectivity index (χ3v) is 1.64. The van der Waals surface area contributed by atoms with Crippen LogP contribution in [0.2, 0.25) is 0 Å². The van der Waals surface area contributed by atoms with Crippen LogP contribution in [0.15, 0.2) is 12.1 Å². The number of benzene rings is 1. The summed E-state index contributed by atoms with van der Waals surface area (Å²) in [5.41, 5.74) is 3.16. The van der Waals surface area contributed by atoms with Crippen LogP contribution in [0.5, 0.6) is 17.2 Å². The highest BCUT2D eigenvalue weighted by Gasteiger charge is 2.08. The molecular formula is C8H12N2O3. The molecule has 0 bridgehead atoms. The number of methoxy groups -OCH3 is 1. The molecule has 0 aliphatic heterocycles. The number of phenols is 2. The Labute approximate surface area is 75.7 Å². The van der Waals surface area contributed by atoms with Gasteiger partial charge in [0.05, 0.1) is 7.11 Å². The van der Waals surface area contributed by atoms with Crippen molar-refractivity contribution in [3.05, 3.63) is 17.7 Å². The van der Waals surface area contributed by atoms with Crippen molar-refractivity contribution < 1.29 is 14.9 Å². The average Bonchev–Trinajstić information content (AvgIpc) is 2.11. The molecule has 0 atom stereocenters. The molecule has 0 heterocycles. The summed E-state index contributed by atoms with van der Waals surface area (Å²) in [6.07, 6.45) is 0. The number of rotatable bonds is 3. The van der Waals surface area contributed by atoms with Gasteiger partial charge in [0.2, 0.25) is 5.75 Å². The van der Waals surface area contributed by atoms with Gasteiger partial charge in [0, 0.05) is 6.54 Å². The molecule has 0 fully saturated rings. The van der Waals surface area contributed by atoms with Crippen LogP contribution in [0.25, 0.3) is 0 Å². The number of nitrogens with one attached hydrogen (secondary N) is 1. The van der Waals surface area contributed by atoms with E-state index < -0.39 is 0 Å². The van der Waals surface area contributed by atoms with Crippen molar-refractivity contribution in [1.29, 1.82) is 0 Å². The second-order valence-corrected chi connectivity index (χ2v) is 2.55. The van der Waals surface area contributed by atoms with Gasteiger partial charge in [-0.1, -0.05) is 0 Å². The number of nitrogens with two attached hydrogens (primary N) is 1. The first kappa shape index (κ1) is 9.63. The molecular weight excluding hydrogens is 172 g/mol. The predicted molar refractivity (Wildman–Crippen MR) is 47.4 cm³/mol. The van der Waals surface area contributed by atoms with E-state index in [1.165, 1.54) is 13.2 Å². The minimum Gasteiger partial charge on any atom is -0.504 e. The second kappa shape index (κ2) is 3.97. The van der Waals surface area contributed by atoms with Crippen molar-refractivity contribution in [1.82, 2.24) is 5.43 Å². The standard InChI is InChI=1S/C8H12N2O3/c1-13-7-3-5(4-10-9)2-6(11)8(7)12/h2-3,10-12H,4,9H2,1H3. The van der Waals surface area contributed by atoms with Gasteiger partial charge in [-0.15, -0.1) is 0 Å². The smallest absolute Gasteiger partial charge is 0.200 e. The maximum absolute atomic E-state index is 9.26. The Hall–Kier alpha value is -1.46. The summed E-state index contributed by atoms with van der Waals surface area (Å²) in [6.45, 7) is 0.393. The van der Waals surface area contributed by atoms with Crippen LogP contribution in [0, 0.1) is 0 Å². The van der Waals surface area contributed by atoms with Crippen LogP contribution in [0.3, 0.4) is 0 Å². The van der Waals surface area contributed by atoms with Crippen molar-refractivity contribution in [2.75, 3.05) is 7.11 Å². The summed E-state index contributed by atoms with van der Waals surface area (Å²) in [4.78, 5) is 0. The maximum Gasteiger partial charge on any atom is 0.200 e. The number of hydrazine groups is 1. The Kier molecular flexibility index (Phi) is 2.94. The van der Waals surface area contributed by atoms with Gasteiger partial charge in [-0.2, -0.15) is 0 Å². The van der Waals surface area contributed by atoms with E-state index in [9.17, 15) is 10.2 Å². The fourth-order valence-electron chi connectivity index (χ4n) is 1.02. The minimum atomic E-state index is -0.261. The van der Waals surface area contributed by atoms with E-state index in [1.54, 1.807) is 6.07 Å². The number of hydrogen-bond acceptors (Lipinski definition) is 5. The summed E-state index contributed by atoms with van der Waals surface area (Å²) in [5.74, 6) is 4.85. The van der Waals surface area contributed by atoms with Crippen molar-refractivity contribution >= 4 is 0 Å². The lowest BCUT2D eigenvalue weighted by Crippen LogP contribution is -2.20. The molecule has 5 heteroatoms. The van der Waals surface area contributed by atoms with E-state index in [1.807, 2.05) is 0 Å². The molecule has 0 saturated carbocycles. The van der Waals surface area contributed by atoms with Gasteiger partial charge in [0.25, 0.3) is 0 Å². The zero-order valence-electron chi connectivity index (χ0n) is 7.24. The highest BCUT2D eigenvalue weighted by atomic mass is 16.5. The Balaban J connectivity index is 3.06. The van der Waals surface area contributed by atoms with Crippen molar-refractivity contribution in [2.45, 2.75) is 6.54 Å². The Bertz CT molecular complexity index is 302. The molecule has 1 rings (SSSR count). The number of aromatic hydroxyl groups is 2. The van der Waals surface area contributed by atoms with Gasteiger partial charge in [-0.05, 0) is 17.7 Å². The molecule has 5 N–H and O–H groups in total. The lowest BCUT2D eigenvalue weighted by atomic mass is 10.2. The summed E-state index contributed by atoms with van der Waals surface area (Å²) in [7, 11) is 1.41. The van der Waals surface area contributed by atoms with Crippen LogP contribution in [0.1, 0.15) is 5.56 Å². The highest BCUT2D eigenvalue weighted by Crippen LogP contribution is 2.35. The zero-order chi connectivity index (χ0) is 9.84. The largest absolute Gasteiger partial charge is 0.504 e. The monoisotopic (exact) mass is 184 g/mol. The molecule has 0 saturated heterocycles. The van der Waals surface area contributed by atoms with Crippen LogP contribution >= 0.6 is 0 Å². The first-order valence-electron chi connectivity index (χ1n) is 3.71. The fourth-order valence-corrected chi connectivity index (χ4v) is 1.02. The fraction of sp³-hybridized carbons (Fsp3) is 0.250. The number of ether oxygens (including phenoxy) is 1. The van der Waals surface area contributed by atoms with Crippen molar-refractivity contribution in [3.8, 4) is 17.2 Å². The van der Waals surface area contributed by atoms with Crippen molar-refractivity contribution in [2.24, 2.45) is 5.84 Å². The first-order chi connectivity index (χ1) is 6.19. The Morgan fingerprint density at radius 3 is 2.69 bits per heavy atom. The molecule has 1 aromatic carbocycles. The van der Waals surface area contributed by atoms with E-state index in [4.69, 9.17) is 10.6 Å². The van der Waals surface area contributed by atoms with Gasteiger partial charge >= 0.3 is 0 Å². The molecule has 0 radical (unpaired) electrons. The van der Waals surface area contributed by atoms with E-state index in [2.05, 4.69) is 5.43 Å². The molecule has 0 unspecified atom stereocenters. The lowest BCUT2D eigenvalue weighted by molar-refractivity contribution is 0.350. The molecule has 5 nitrogen and oxygen atoms in total. The quantitative estimate of drug-likeness (QED) is 0.303. The molecule has 0 aromatic heterocycles. The third-order valence-electron chi connectivity index (χ3n) is 1.64. The van der Waals surface area contributed by atoms with Crippen LogP contribution in [-0.2, 0) is 6.54 Å². The number of phenolic OH excluding ortho intramolecular Hbond substituents is 2. The Morgan fingerprint density at radius 2 is 2.15 bits per heavy atom. The van der Waals surface area contributed by atoms with E-state index in [-0.39, 0.29) is 17.2 Å². The molecule has 1 aromatic rings. The van der Waals surface area contributed by atoms with Gasteiger partial charge in [-0.25, -0.2) is 0 Å². The van der Waals surface area contributed by atoms with Crippen LogP contribution in [0.4, 0.5) is 0 Å². The molecule has 0 aliphatic carbocycles. The molecule has 72 valence electrons. The van der Waals surface area contributed by atoms with Crippen LogP contribution < -0.4 is 16.0 Å². The molecule has 0 amide bonds. The lowest BCUT2D eigenvalue weighted by Gasteiger charge is -2.07. The minimum absolute atomic E-state index is 0.218. The average molecular weight is 184 g/mol. The topological polar surface area (TPSA) is 87.7 Å². The normalized spacial score (nSPS) is 10.0. The summed E-state index contributed by atoms with van der Waals surface area (Å²) in [5, 5.41) is 18.5. The number of hydrogen-bond donors (Lipinski definition) is 4. The SMILES string of the molecule is COc1cc(CNN)cc(O)c1O. The van der Waals surface area contributed by atoms with Crippen molar-refractivity contribution in [3.63, 3.8) is 0 Å². The maximum atomic E-state index is 9.26. The third kappa shape index (κ3) is 2.01. The van der Waals surface area contributed by atoms with E-state index >= 15 is 0 Å². The molecule has 13 heavy (non-hydrogen) atoms. The zero-order valence-corrected chi connectivity index (χ0v) is 7.24. The second-order valence-electron chi connectivity index (χ2n) is 2.55. The summed E-state index contributed by atoms with van der Waals surface area (Å²) < 4.78 is 4.83. The molecule has 0 aliphatic rings. The highest BCUT2D eigenvalue weighted by molar-refractivity contribution is 5.51. The Morgan fingerprint density at radius 1 is 1.46 bits per heavy atom.